The summed E-state index contributed by atoms with van der Waals surface area (Å²) >= 11 is 2.33. The van der Waals surface area contributed by atoms with Crippen molar-refractivity contribution in [3.63, 3.8) is 0 Å². The van der Waals surface area contributed by atoms with E-state index in [0.29, 0.717) is 0 Å². The summed E-state index contributed by atoms with van der Waals surface area (Å²) in [7, 11) is 0. The molecule has 2 heterocycles. The first-order valence-electron chi connectivity index (χ1n) is 7.38. The van der Waals surface area contributed by atoms with Crippen molar-refractivity contribution in [2.45, 2.75) is 13.8 Å². The molecule has 3 rings (SSSR count). The number of hydrazone groups is 1. The highest BCUT2D eigenvalue weighted by Crippen LogP contribution is 2.23. The molecule has 1 amide bonds. The van der Waals surface area contributed by atoms with Gasteiger partial charge in [0.05, 0.1) is 18.2 Å². The van der Waals surface area contributed by atoms with Gasteiger partial charge in [-0.2, -0.15) is 5.10 Å². The van der Waals surface area contributed by atoms with Crippen molar-refractivity contribution in [3.8, 4) is 5.69 Å². The van der Waals surface area contributed by atoms with Crippen LogP contribution in [0.5, 0.6) is 0 Å². The Bertz CT molecular complexity index is 895. The van der Waals surface area contributed by atoms with Gasteiger partial charge in [0.1, 0.15) is 0 Å². The highest BCUT2D eigenvalue weighted by Gasteiger charge is 2.12. The molecule has 0 spiro atoms. The van der Waals surface area contributed by atoms with Crippen LogP contribution in [-0.4, -0.2) is 16.7 Å². The number of hydrogen-bond donors (Lipinski definition) is 1. The van der Waals surface area contributed by atoms with Gasteiger partial charge in [0.2, 0.25) is 0 Å². The Morgan fingerprint density at radius 2 is 2.04 bits per heavy atom. The Morgan fingerprint density at radius 1 is 1.25 bits per heavy atom. The minimum absolute atomic E-state index is 0.233. The summed E-state index contributed by atoms with van der Waals surface area (Å²) in [6.45, 7) is 4.08. The molecule has 0 aliphatic carbocycles. The molecule has 0 saturated heterocycles. The molecule has 3 aromatic rings. The van der Waals surface area contributed by atoms with Crippen LogP contribution in [0, 0.1) is 17.4 Å². The van der Waals surface area contributed by atoms with Crippen molar-refractivity contribution in [3.05, 3.63) is 75.0 Å². The van der Waals surface area contributed by atoms with Gasteiger partial charge in [-0.15, -0.1) is 0 Å². The molecular weight excluding hydrogens is 417 g/mol. The topological polar surface area (TPSA) is 59.5 Å². The molecule has 0 bridgehead atoms. The molecule has 0 fully saturated rings. The fourth-order valence-electron chi connectivity index (χ4n) is 2.55. The minimum atomic E-state index is -0.373. The average Bonchev–Trinajstić information content (AvgIpc) is 3.18. The second kappa shape index (κ2) is 7.04. The first-order chi connectivity index (χ1) is 11.6. The molecule has 0 unspecified atom stereocenters. The Labute approximate surface area is 153 Å². The van der Waals surface area contributed by atoms with Gasteiger partial charge in [-0.1, -0.05) is 12.1 Å². The van der Waals surface area contributed by atoms with E-state index in [4.69, 9.17) is 4.42 Å². The first-order valence-corrected chi connectivity index (χ1v) is 8.46. The molecule has 2 aromatic heterocycles. The number of carbonyl (C=O) groups is 1. The van der Waals surface area contributed by atoms with Crippen molar-refractivity contribution in [2.24, 2.45) is 5.10 Å². The number of rotatable bonds is 4. The molecule has 0 aliphatic heterocycles. The van der Waals surface area contributed by atoms with Crippen LogP contribution in [0.15, 0.2) is 58.2 Å². The van der Waals surface area contributed by atoms with Gasteiger partial charge >= 0.3 is 5.91 Å². The van der Waals surface area contributed by atoms with Crippen molar-refractivity contribution in [1.29, 1.82) is 0 Å². The Kier molecular flexibility index (Phi) is 4.84. The molecule has 0 atom stereocenters. The van der Waals surface area contributed by atoms with Gasteiger partial charge in [-0.25, -0.2) is 5.43 Å². The van der Waals surface area contributed by atoms with E-state index >= 15 is 0 Å². The normalized spacial score (nSPS) is 11.1. The van der Waals surface area contributed by atoms with E-state index in [1.165, 1.54) is 9.83 Å². The second-order valence-corrected chi connectivity index (χ2v) is 6.45. The lowest BCUT2D eigenvalue weighted by molar-refractivity contribution is 0.0927. The molecular formula is C18H16IN3O2. The largest absolute Gasteiger partial charge is 0.459 e. The van der Waals surface area contributed by atoms with Crippen molar-refractivity contribution < 1.29 is 9.21 Å². The highest BCUT2D eigenvalue weighted by molar-refractivity contribution is 14.1. The molecule has 24 heavy (non-hydrogen) atoms. The molecule has 5 nitrogen and oxygen atoms in total. The molecule has 122 valence electrons. The molecule has 0 aliphatic rings. The van der Waals surface area contributed by atoms with Crippen molar-refractivity contribution in [1.82, 2.24) is 9.99 Å². The number of nitrogens with zero attached hydrogens (tertiary/aromatic N) is 2. The van der Waals surface area contributed by atoms with E-state index < -0.39 is 0 Å². The molecule has 0 saturated carbocycles. The summed E-state index contributed by atoms with van der Waals surface area (Å²) in [5.41, 5.74) is 6.72. The van der Waals surface area contributed by atoms with Crippen LogP contribution in [-0.2, 0) is 0 Å². The number of para-hydroxylation sites is 1. The van der Waals surface area contributed by atoms with Gasteiger partial charge < -0.3 is 8.98 Å². The zero-order valence-electron chi connectivity index (χ0n) is 13.3. The Hall–Kier alpha value is -2.35. The summed E-state index contributed by atoms with van der Waals surface area (Å²) < 4.78 is 8.38. The molecule has 1 aromatic carbocycles. The number of halogens is 1. The van der Waals surface area contributed by atoms with Crippen LogP contribution < -0.4 is 5.43 Å². The maximum atomic E-state index is 11.8. The number of aryl methyl sites for hydroxylation is 1. The van der Waals surface area contributed by atoms with Gasteiger partial charge in [-0.05, 0) is 66.8 Å². The van der Waals surface area contributed by atoms with Crippen molar-refractivity contribution in [2.75, 3.05) is 0 Å². The van der Waals surface area contributed by atoms with Crippen LogP contribution in [0.2, 0.25) is 0 Å². The average molecular weight is 433 g/mol. The smallest absolute Gasteiger partial charge is 0.307 e. The third-order valence-corrected chi connectivity index (χ3v) is 4.59. The minimum Gasteiger partial charge on any atom is -0.459 e. The van der Waals surface area contributed by atoms with Gasteiger partial charge in [0.15, 0.2) is 5.76 Å². The number of carbonyl (C=O) groups excluding carboxylic acids is 1. The van der Waals surface area contributed by atoms with Crippen LogP contribution in [0.25, 0.3) is 5.69 Å². The van der Waals surface area contributed by atoms with Crippen LogP contribution in [0.3, 0.4) is 0 Å². The summed E-state index contributed by atoms with van der Waals surface area (Å²) in [6.07, 6.45) is 3.10. The maximum Gasteiger partial charge on any atom is 0.307 e. The Morgan fingerprint density at radius 3 is 2.75 bits per heavy atom. The van der Waals surface area contributed by atoms with E-state index in [0.717, 1.165) is 22.6 Å². The molecule has 0 radical (unpaired) electrons. The lowest BCUT2D eigenvalue weighted by Gasteiger charge is -2.11. The van der Waals surface area contributed by atoms with Crippen LogP contribution in [0.4, 0.5) is 0 Å². The number of nitrogens with one attached hydrogen (secondary N) is 1. The lowest BCUT2D eigenvalue weighted by Crippen LogP contribution is -2.16. The van der Waals surface area contributed by atoms with Crippen molar-refractivity contribution >= 4 is 34.7 Å². The monoisotopic (exact) mass is 433 g/mol. The SMILES string of the molecule is Cc1cc(/C=N\NC(=O)c2ccco2)c(C)n1-c1ccccc1I. The third-order valence-electron chi connectivity index (χ3n) is 3.68. The standard InChI is InChI=1S/C18H16IN3O2/c1-12-10-14(11-20-21-18(23)17-8-5-9-24-17)13(2)22(12)16-7-4-3-6-15(16)19/h3-11H,1-2H3,(H,21,23)/b20-11-. The Balaban J connectivity index is 1.83. The molecule has 6 heteroatoms. The quantitative estimate of drug-likeness (QED) is 0.384. The zero-order chi connectivity index (χ0) is 17.1. The lowest BCUT2D eigenvalue weighted by atomic mass is 10.2. The van der Waals surface area contributed by atoms with Crippen LogP contribution in [0.1, 0.15) is 27.5 Å². The summed E-state index contributed by atoms with van der Waals surface area (Å²) in [4.78, 5) is 11.8. The van der Waals surface area contributed by atoms with E-state index in [9.17, 15) is 4.79 Å². The molecule has 1 N–H and O–H groups in total. The zero-order valence-corrected chi connectivity index (χ0v) is 15.4. The van der Waals surface area contributed by atoms with Gasteiger partial charge in [-0.3, -0.25) is 4.79 Å². The third kappa shape index (κ3) is 3.28. The number of furan rings is 1. The highest BCUT2D eigenvalue weighted by atomic mass is 127. The summed E-state index contributed by atoms with van der Waals surface area (Å²) in [5.74, 6) is -0.140. The van der Waals surface area contributed by atoms with Crippen LogP contribution >= 0.6 is 22.6 Å². The second-order valence-electron chi connectivity index (χ2n) is 5.29. The van der Waals surface area contributed by atoms with E-state index in [1.807, 2.05) is 25.1 Å². The maximum absolute atomic E-state index is 11.8. The van der Waals surface area contributed by atoms with E-state index in [-0.39, 0.29) is 11.7 Å². The van der Waals surface area contributed by atoms with E-state index in [1.54, 1.807) is 18.3 Å². The number of benzene rings is 1. The van der Waals surface area contributed by atoms with Gasteiger partial charge in [0.25, 0.3) is 0 Å². The first kappa shape index (κ1) is 16.5. The fraction of sp³-hybridized carbons (Fsp3) is 0.111. The summed E-state index contributed by atoms with van der Waals surface area (Å²) in [5, 5.41) is 4.03. The number of amides is 1. The summed E-state index contributed by atoms with van der Waals surface area (Å²) in [6, 6.07) is 13.5. The predicted octanol–water partition coefficient (Wildman–Crippen LogP) is 4.06. The number of aromatic nitrogens is 1. The predicted molar refractivity (Wildman–Crippen MR) is 102 cm³/mol. The fourth-order valence-corrected chi connectivity index (χ4v) is 3.17. The van der Waals surface area contributed by atoms with E-state index in [2.05, 4.69) is 56.7 Å². The van der Waals surface area contributed by atoms with Gasteiger partial charge in [0, 0.05) is 20.5 Å². The number of hydrogen-bond acceptors (Lipinski definition) is 3.